The fourth-order valence-corrected chi connectivity index (χ4v) is 1.84. The van der Waals surface area contributed by atoms with Crippen LogP contribution in [0.3, 0.4) is 0 Å². The molecule has 5 nitrogen and oxygen atoms in total. The first-order valence-electron chi connectivity index (χ1n) is 6.95. The molecule has 1 saturated heterocycles. The van der Waals surface area contributed by atoms with Crippen LogP contribution in [0.15, 0.2) is 16.7 Å². The molecular formula is C14H25BN2O3. The van der Waals surface area contributed by atoms with E-state index in [1.807, 2.05) is 34.6 Å². The fourth-order valence-electron chi connectivity index (χ4n) is 1.84. The smallest absolute Gasteiger partial charge is 0.405 e. The zero-order valence-corrected chi connectivity index (χ0v) is 13.3. The predicted molar refractivity (Wildman–Crippen MR) is 81.6 cm³/mol. The van der Waals surface area contributed by atoms with Crippen molar-refractivity contribution in [2.75, 3.05) is 0 Å². The summed E-state index contributed by atoms with van der Waals surface area (Å²) in [6, 6.07) is -0.340. The SMILES string of the molecule is CCC(N=CC(=CN)B1OC(C)(C)C(C)(C)O1)C(C)=O. The third-order valence-corrected chi connectivity index (χ3v) is 3.98. The Morgan fingerprint density at radius 2 is 1.80 bits per heavy atom. The molecule has 0 amide bonds. The number of hydrogen-bond donors (Lipinski definition) is 1. The number of rotatable bonds is 5. The summed E-state index contributed by atoms with van der Waals surface area (Å²) in [5.41, 5.74) is 5.41. The van der Waals surface area contributed by atoms with Gasteiger partial charge in [0.05, 0.1) is 11.2 Å². The Hall–Kier alpha value is -1.14. The predicted octanol–water partition coefficient (Wildman–Crippen LogP) is 1.90. The van der Waals surface area contributed by atoms with Crippen molar-refractivity contribution < 1.29 is 14.1 Å². The Morgan fingerprint density at radius 1 is 1.30 bits per heavy atom. The summed E-state index contributed by atoms with van der Waals surface area (Å²) in [7, 11) is -0.557. The molecular weight excluding hydrogens is 255 g/mol. The van der Waals surface area contributed by atoms with Gasteiger partial charge in [0.25, 0.3) is 0 Å². The lowest BCUT2D eigenvalue weighted by atomic mass is 9.79. The molecule has 1 atom stereocenters. The van der Waals surface area contributed by atoms with Gasteiger partial charge in [-0.15, -0.1) is 0 Å². The van der Waals surface area contributed by atoms with Crippen LogP contribution in [0.5, 0.6) is 0 Å². The summed E-state index contributed by atoms with van der Waals surface area (Å²) in [6.45, 7) is 11.4. The van der Waals surface area contributed by atoms with E-state index in [1.165, 1.54) is 13.1 Å². The topological polar surface area (TPSA) is 73.9 Å². The molecule has 112 valence electrons. The minimum Gasteiger partial charge on any atom is -0.405 e. The van der Waals surface area contributed by atoms with E-state index in [4.69, 9.17) is 15.0 Å². The second-order valence-electron chi connectivity index (χ2n) is 6.07. The number of ketones is 1. The van der Waals surface area contributed by atoms with E-state index in [2.05, 4.69) is 4.99 Å². The third kappa shape index (κ3) is 3.49. The first-order valence-corrected chi connectivity index (χ1v) is 6.95. The van der Waals surface area contributed by atoms with Crippen LogP contribution in [-0.4, -0.2) is 36.4 Å². The lowest BCUT2D eigenvalue weighted by molar-refractivity contribution is -0.118. The van der Waals surface area contributed by atoms with Crippen molar-refractivity contribution >= 4 is 19.1 Å². The Bertz CT molecular complexity index is 414. The van der Waals surface area contributed by atoms with Crippen molar-refractivity contribution in [2.45, 2.75) is 65.2 Å². The molecule has 1 fully saturated rings. The quantitative estimate of drug-likeness (QED) is 0.616. The van der Waals surface area contributed by atoms with E-state index < -0.39 is 18.3 Å². The van der Waals surface area contributed by atoms with E-state index in [9.17, 15) is 4.79 Å². The van der Waals surface area contributed by atoms with Crippen LogP contribution in [0.1, 0.15) is 48.0 Å². The zero-order valence-electron chi connectivity index (χ0n) is 13.3. The molecule has 20 heavy (non-hydrogen) atoms. The van der Waals surface area contributed by atoms with Gasteiger partial charge in [-0.05, 0) is 47.2 Å². The van der Waals surface area contributed by atoms with Crippen LogP contribution < -0.4 is 5.73 Å². The van der Waals surface area contributed by atoms with E-state index in [0.717, 1.165) is 0 Å². The van der Waals surface area contributed by atoms with Gasteiger partial charge in [0.1, 0.15) is 6.04 Å². The molecule has 0 aromatic carbocycles. The van der Waals surface area contributed by atoms with Crippen molar-refractivity contribution in [3.05, 3.63) is 11.7 Å². The highest BCUT2D eigenvalue weighted by molar-refractivity contribution is 6.60. The number of nitrogens with two attached hydrogens (primary N) is 1. The maximum absolute atomic E-state index is 11.4. The van der Waals surface area contributed by atoms with Crippen LogP contribution >= 0.6 is 0 Å². The fraction of sp³-hybridized carbons (Fsp3) is 0.714. The van der Waals surface area contributed by atoms with Gasteiger partial charge in [-0.25, -0.2) is 0 Å². The highest BCUT2D eigenvalue weighted by atomic mass is 16.7. The number of carbonyl (C=O) groups excluding carboxylic acids is 1. The molecule has 0 spiro atoms. The van der Waals surface area contributed by atoms with Gasteiger partial charge < -0.3 is 15.0 Å². The number of Topliss-reactive ketones (excluding diaryl/α,β-unsaturated/α-hetero) is 1. The second kappa shape index (κ2) is 6.10. The van der Waals surface area contributed by atoms with Crippen molar-refractivity contribution in [3.63, 3.8) is 0 Å². The first-order chi connectivity index (χ1) is 9.14. The Morgan fingerprint density at radius 3 is 2.15 bits per heavy atom. The molecule has 0 radical (unpaired) electrons. The van der Waals surface area contributed by atoms with Crippen molar-refractivity contribution in [1.82, 2.24) is 0 Å². The number of carbonyl (C=O) groups is 1. The molecule has 1 unspecified atom stereocenters. The molecule has 1 aliphatic rings. The summed E-state index contributed by atoms with van der Waals surface area (Å²) in [4.78, 5) is 15.6. The van der Waals surface area contributed by atoms with Crippen LogP contribution in [0, 0.1) is 0 Å². The molecule has 0 aliphatic carbocycles. The van der Waals surface area contributed by atoms with Crippen molar-refractivity contribution in [1.29, 1.82) is 0 Å². The van der Waals surface area contributed by atoms with E-state index >= 15 is 0 Å². The van der Waals surface area contributed by atoms with Gasteiger partial charge in [-0.1, -0.05) is 6.92 Å². The molecule has 0 aromatic heterocycles. The zero-order chi connectivity index (χ0) is 15.6. The number of allylic oxidation sites excluding steroid dienone is 1. The third-order valence-electron chi connectivity index (χ3n) is 3.98. The standard InChI is InChI=1S/C14H25BN2O3/c1-7-12(10(2)18)17-9-11(8-16)15-19-13(3,4)14(5,6)20-15/h8-9,12H,7,16H2,1-6H3. The monoisotopic (exact) mass is 280 g/mol. The summed E-state index contributed by atoms with van der Waals surface area (Å²) >= 11 is 0. The Kier molecular flexibility index (Phi) is 5.16. The normalized spacial score (nSPS) is 23.3. The minimum absolute atomic E-state index is 0.0361. The molecule has 1 aliphatic heterocycles. The van der Waals surface area contributed by atoms with Crippen LogP contribution in [0.25, 0.3) is 0 Å². The van der Waals surface area contributed by atoms with Gasteiger partial charge in [0.2, 0.25) is 0 Å². The van der Waals surface area contributed by atoms with Crippen LogP contribution in [0.2, 0.25) is 0 Å². The Balaban J connectivity index is 2.85. The number of hydrogen-bond acceptors (Lipinski definition) is 5. The van der Waals surface area contributed by atoms with E-state index in [0.29, 0.717) is 11.9 Å². The first kappa shape index (κ1) is 16.9. The highest BCUT2D eigenvalue weighted by Gasteiger charge is 2.52. The second-order valence-corrected chi connectivity index (χ2v) is 6.07. The van der Waals surface area contributed by atoms with Crippen LogP contribution in [-0.2, 0) is 14.1 Å². The summed E-state index contributed by atoms with van der Waals surface area (Å²) < 4.78 is 11.8. The summed E-state index contributed by atoms with van der Waals surface area (Å²) in [5.74, 6) is 0.0361. The summed E-state index contributed by atoms with van der Waals surface area (Å²) in [5, 5.41) is 0. The van der Waals surface area contributed by atoms with Gasteiger partial charge in [-0.2, -0.15) is 0 Å². The van der Waals surface area contributed by atoms with Crippen molar-refractivity contribution in [2.24, 2.45) is 10.7 Å². The van der Waals surface area contributed by atoms with Gasteiger partial charge in [0, 0.05) is 11.7 Å². The number of nitrogens with zero attached hydrogens (tertiary/aromatic N) is 1. The van der Waals surface area contributed by atoms with E-state index in [-0.39, 0.29) is 11.8 Å². The molecule has 0 saturated carbocycles. The number of aliphatic imine (C=N–C) groups is 1. The molecule has 0 bridgehead atoms. The molecule has 1 heterocycles. The maximum Gasteiger partial charge on any atom is 0.497 e. The van der Waals surface area contributed by atoms with Crippen LogP contribution in [0.4, 0.5) is 0 Å². The van der Waals surface area contributed by atoms with Gasteiger partial charge in [-0.3, -0.25) is 9.79 Å². The average molecular weight is 280 g/mol. The molecule has 1 rings (SSSR count). The molecule has 0 aromatic rings. The summed E-state index contributed by atoms with van der Waals surface area (Å²) in [6.07, 6.45) is 3.66. The van der Waals surface area contributed by atoms with Gasteiger partial charge >= 0.3 is 7.12 Å². The van der Waals surface area contributed by atoms with Gasteiger partial charge in [0.15, 0.2) is 5.78 Å². The molecule has 6 heteroatoms. The molecule has 2 N–H and O–H groups in total. The maximum atomic E-state index is 11.4. The largest absolute Gasteiger partial charge is 0.497 e. The van der Waals surface area contributed by atoms with E-state index in [1.54, 1.807) is 6.21 Å². The lowest BCUT2D eigenvalue weighted by Crippen LogP contribution is -2.41. The Labute approximate surface area is 121 Å². The van der Waals surface area contributed by atoms with Crippen molar-refractivity contribution in [3.8, 4) is 0 Å². The highest BCUT2D eigenvalue weighted by Crippen LogP contribution is 2.38. The minimum atomic E-state index is -0.557. The lowest BCUT2D eigenvalue weighted by Gasteiger charge is -2.32. The average Bonchev–Trinajstić information content (AvgIpc) is 2.53.